The van der Waals surface area contributed by atoms with Crippen molar-refractivity contribution in [3.63, 3.8) is 0 Å². The van der Waals surface area contributed by atoms with Crippen LogP contribution in [0.25, 0.3) is 0 Å². The first-order valence-corrected chi connectivity index (χ1v) is 8.10. The monoisotopic (exact) mass is 305 g/mol. The highest BCUT2D eigenvalue weighted by Gasteiger charge is 2.28. The molecule has 1 fully saturated rings. The largest absolute Gasteiger partial charge is 0.494 e. The lowest BCUT2D eigenvalue weighted by Gasteiger charge is -2.34. The van der Waals surface area contributed by atoms with Crippen LogP contribution in [0.4, 0.5) is 0 Å². The SMILES string of the molecule is Cc1cc(C)cc(OCCCN2CC(C)CC(C(=O)O)C2)c1. The van der Waals surface area contributed by atoms with E-state index in [1.54, 1.807) is 0 Å². The summed E-state index contributed by atoms with van der Waals surface area (Å²) in [6, 6.07) is 6.24. The van der Waals surface area contributed by atoms with E-state index in [-0.39, 0.29) is 5.92 Å². The highest BCUT2D eigenvalue weighted by Crippen LogP contribution is 2.22. The molecule has 1 aliphatic heterocycles. The summed E-state index contributed by atoms with van der Waals surface area (Å²) in [4.78, 5) is 13.4. The topological polar surface area (TPSA) is 49.8 Å². The standard InChI is InChI=1S/C18H27NO3/c1-13-7-14(2)10-17(9-13)22-6-4-5-19-11-15(3)8-16(12-19)18(20)21/h7,9-10,15-16H,4-6,8,11-12H2,1-3H3,(H,20,21). The van der Waals surface area contributed by atoms with Crippen LogP contribution in [-0.4, -0.2) is 42.2 Å². The fraction of sp³-hybridized carbons (Fsp3) is 0.611. The van der Waals surface area contributed by atoms with Gasteiger partial charge in [0.05, 0.1) is 12.5 Å². The molecule has 0 bridgehead atoms. The summed E-state index contributed by atoms with van der Waals surface area (Å²) in [6.45, 7) is 9.51. The van der Waals surface area contributed by atoms with Gasteiger partial charge in [-0.3, -0.25) is 4.79 Å². The molecule has 1 heterocycles. The molecule has 122 valence electrons. The second-order valence-electron chi connectivity index (χ2n) is 6.66. The quantitative estimate of drug-likeness (QED) is 0.820. The van der Waals surface area contributed by atoms with Crippen LogP contribution < -0.4 is 4.74 Å². The zero-order valence-electron chi connectivity index (χ0n) is 13.8. The molecule has 22 heavy (non-hydrogen) atoms. The minimum Gasteiger partial charge on any atom is -0.494 e. The maximum Gasteiger partial charge on any atom is 0.307 e. The second kappa shape index (κ2) is 7.63. The number of carboxylic acids is 1. The van der Waals surface area contributed by atoms with Crippen molar-refractivity contribution in [2.45, 2.75) is 33.6 Å². The molecule has 1 saturated heterocycles. The van der Waals surface area contributed by atoms with Gasteiger partial charge in [0.2, 0.25) is 0 Å². The molecule has 0 aliphatic carbocycles. The van der Waals surface area contributed by atoms with E-state index in [1.807, 2.05) is 0 Å². The fourth-order valence-electron chi connectivity index (χ4n) is 3.32. The van der Waals surface area contributed by atoms with Crippen LogP contribution in [0.3, 0.4) is 0 Å². The summed E-state index contributed by atoms with van der Waals surface area (Å²) in [5.41, 5.74) is 2.42. The van der Waals surface area contributed by atoms with Gasteiger partial charge < -0.3 is 14.7 Å². The Labute approximate surface area is 133 Å². The van der Waals surface area contributed by atoms with Crippen molar-refractivity contribution in [1.29, 1.82) is 0 Å². The van der Waals surface area contributed by atoms with Gasteiger partial charge in [-0.25, -0.2) is 0 Å². The van der Waals surface area contributed by atoms with E-state index < -0.39 is 5.97 Å². The molecule has 2 unspecified atom stereocenters. The zero-order chi connectivity index (χ0) is 16.1. The van der Waals surface area contributed by atoms with Crippen LogP contribution in [0.15, 0.2) is 18.2 Å². The average molecular weight is 305 g/mol. The maximum absolute atomic E-state index is 11.2. The summed E-state index contributed by atoms with van der Waals surface area (Å²) in [6.07, 6.45) is 1.72. The fourth-order valence-corrected chi connectivity index (χ4v) is 3.32. The number of hydrogen-bond acceptors (Lipinski definition) is 3. The van der Waals surface area contributed by atoms with Crippen LogP contribution in [-0.2, 0) is 4.79 Å². The zero-order valence-corrected chi connectivity index (χ0v) is 13.8. The predicted octanol–water partition coefficient (Wildman–Crippen LogP) is 3.11. The number of nitrogens with zero attached hydrogens (tertiary/aromatic N) is 1. The number of benzene rings is 1. The van der Waals surface area contributed by atoms with Crippen molar-refractivity contribution in [2.24, 2.45) is 11.8 Å². The molecule has 0 spiro atoms. The number of ether oxygens (including phenoxy) is 1. The molecular formula is C18H27NO3. The van der Waals surface area contributed by atoms with Gasteiger partial charge in [-0.2, -0.15) is 0 Å². The van der Waals surface area contributed by atoms with E-state index in [1.165, 1.54) is 11.1 Å². The van der Waals surface area contributed by atoms with Gasteiger partial charge in [0.25, 0.3) is 0 Å². The number of hydrogen-bond donors (Lipinski definition) is 1. The van der Waals surface area contributed by atoms with Gasteiger partial charge in [0.1, 0.15) is 5.75 Å². The highest BCUT2D eigenvalue weighted by molar-refractivity contribution is 5.70. The van der Waals surface area contributed by atoms with E-state index >= 15 is 0 Å². The summed E-state index contributed by atoms with van der Waals surface area (Å²) < 4.78 is 5.82. The van der Waals surface area contributed by atoms with Crippen molar-refractivity contribution in [2.75, 3.05) is 26.2 Å². The van der Waals surface area contributed by atoms with E-state index in [0.29, 0.717) is 19.1 Å². The summed E-state index contributed by atoms with van der Waals surface area (Å²) >= 11 is 0. The van der Waals surface area contributed by atoms with Crippen LogP contribution in [0.5, 0.6) is 5.75 Å². The third-order valence-corrected chi connectivity index (χ3v) is 4.17. The van der Waals surface area contributed by atoms with E-state index in [2.05, 4.69) is 43.9 Å². The Morgan fingerprint density at radius 3 is 2.59 bits per heavy atom. The molecule has 4 heteroatoms. The predicted molar refractivity (Wildman–Crippen MR) is 87.4 cm³/mol. The molecule has 0 radical (unpaired) electrons. The van der Waals surface area contributed by atoms with Crippen molar-refractivity contribution in [3.05, 3.63) is 29.3 Å². The number of piperidine rings is 1. The Bertz CT molecular complexity index is 495. The van der Waals surface area contributed by atoms with Gasteiger partial charge in [-0.1, -0.05) is 13.0 Å². The molecule has 2 rings (SSSR count). The number of carbonyl (C=O) groups is 1. The van der Waals surface area contributed by atoms with Gasteiger partial charge >= 0.3 is 5.97 Å². The second-order valence-corrected chi connectivity index (χ2v) is 6.66. The van der Waals surface area contributed by atoms with Gasteiger partial charge in [0, 0.05) is 19.6 Å². The minimum atomic E-state index is -0.664. The summed E-state index contributed by atoms with van der Waals surface area (Å²) in [5, 5.41) is 9.19. The van der Waals surface area contributed by atoms with Crippen LogP contribution in [0.2, 0.25) is 0 Å². The van der Waals surface area contributed by atoms with E-state index in [0.717, 1.165) is 31.7 Å². The maximum atomic E-state index is 11.2. The molecule has 1 aromatic carbocycles. The number of carboxylic acid groups (broad SMARTS) is 1. The van der Waals surface area contributed by atoms with Crippen molar-refractivity contribution in [3.8, 4) is 5.75 Å². The third kappa shape index (κ3) is 5.02. The molecular weight excluding hydrogens is 278 g/mol. The molecule has 1 aromatic rings. The third-order valence-electron chi connectivity index (χ3n) is 4.17. The molecule has 0 aromatic heterocycles. The summed E-state index contributed by atoms with van der Waals surface area (Å²) in [7, 11) is 0. The summed E-state index contributed by atoms with van der Waals surface area (Å²) in [5.74, 6) is 0.496. The van der Waals surface area contributed by atoms with Crippen LogP contribution in [0.1, 0.15) is 30.9 Å². The van der Waals surface area contributed by atoms with Crippen LogP contribution >= 0.6 is 0 Å². The van der Waals surface area contributed by atoms with Crippen molar-refractivity contribution >= 4 is 5.97 Å². The lowest BCUT2D eigenvalue weighted by atomic mass is 9.90. The lowest BCUT2D eigenvalue weighted by molar-refractivity contribution is -0.144. The normalized spacial score (nSPS) is 22.5. The molecule has 0 saturated carbocycles. The van der Waals surface area contributed by atoms with Gasteiger partial charge in [-0.15, -0.1) is 0 Å². The number of aliphatic carboxylic acids is 1. The first kappa shape index (κ1) is 16.8. The molecule has 1 N–H and O–H groups in total. The molecule has 2 atom stereocenters. The van der Waals surface area contributed by atoms with Crippen LogP contribution in [0, 0.1) is 25.7 Å². The number of rotatable bonds is 6. The van der Waals surface area contributed by atoms with Gasteiger partial charge in [0.15, 0.2) is 0 Å². The van der Waals surface area contributed by atoms with Gasteiger partial charge in [-0.05, 0) is 55.9 Å². The first-order valence-electron chi connectivity index (χ1n) is 8.10. The first-order chi connectivity index (χ1) is 10.4. The Hall–Kier alpha value is -1.55. The average Bonchev–Trinajstić information content (AvgIpc) is 2.42. The highest BCUT2D eigenvalue weighted by atomic mass is 16.5. The minimum absolute atomic E-state index is 0.218. The van der Waals surface area contributed by atoms with Crippen molar-refractivity contribution in [1.82, 2.24) is 4.90 Å². The van der Waals surface area contributed by atoms with E-state index in [9.17, 15) is 9.90 Å². The molecule has 0 amide bonds. The smallest absolute Gasteiger partial charge is 0.307 e. The Morgan fingerprint density at radius 2 is 1.95 bits per heavy atom. The van der Waals surface area contributed by atoms with Crippen molar-refractivity contribution < 1.29 is 14.6 Å². The Balaban J connectivity index is 1.75. The molecule has 4 nitrogen and oxygen atoms in total. The lowest BCUT2D eigenvalue weighted by Crippen LogP contribution is -2.43. The Kier molecular flexibility index (Phi) is 5.83. The number of likely N-dealkylation sites (tertiary alicyclic amines) is 1. The number of aryl methyl sites for hydroxylation is 2. The molecule has 1 aliphatic rings. The van der Waals surface area contributed by atoms with E-state index in [4.69, 9.17) is 4.74 Å². The Morgan fingerprint density at radius 1 is 1.27 bits per heavy atom.